The van der Waals surface area contributed by atoms with Crippen LogP contribution in [0.1, 0.15) is 5.56 Å². The zero-order valence-corrected chi connectivity index (χ0v) is 19.1. The highest BCUT2D eigenvalue weighted by Gasteiger charge is 2.15. The highest BCUT2D eigenvalue weighted by molar-refractivity contribution is 7.26. The van der Waals surface area contributed by atoms with Crippen molar-refractivity contribution in [1.82, 2.24) is 4.57 Å². The van der Waals surface area contributed by atoms with Crippen LogP contribution in [0.2, 0.25) is 0 Å². The Bertz CT molecular complexity index is 1830. The van der Waals surface area contributed by atoms with Gasteiger partial charge in [0.2, 0.25) is 0 Å². The molecule has 5 aromatic carbocycles. The lowest BCUT2D eigenvalue weighted by Crippen LogP contribution is -1.96. The van der Waals surface area contributed by atoms with E-state index in [0.29, 0.717) is 0 Å². The third-order valence-electron chi connectivity index (χ3n) is 6.74. The van der Waals surface area contributed by atoms with Gasteiger partial charge in [-0.2, -0.15) is 0 Å². The molecule has 0 bridgehead atoms. The molecule has 7 aromatic rings. The van der Waals surface area contributed by atoms with E-state index in [4.69, 9.17) is 0 Å². The van der Waals surface area contributed by atoms with E-state index in [1.165, 1.54) is 64.4 Å². The topological polar surface area (TPSA) is 4.93 Å². The van der Waals surface area contributed by atoms with Crippen molar-refractivity contribution in [2.24, 2.45) is 0 Å². The lowest BCUT2D eigenvalue weighted by molar-refractivity contribution is 1.15. The maximum Gasteiger partial charge on any atom is 0.0541 e. The average Bonchev–Trinajstić information content (AvgIpc) is 3.40. The molecule has 7 rings (SSSR count). The van der Waals surface area contributed by atoms with Crippen molar-refractivity contribution in [3.8, 4) is 16.8 Å². The first-order valence-corrected chi connectivity index (χ1v) is 12.1. The van der Waals surface area contributed by atoms with Crippen LogP contribution in [0.15, 0.2) is 109 Å². The molecule has 2 heteroatoms. The van der Waals surface area contributed by atoms with Crippen LogP contribution in [-0.2, 0) is 0 Å². The van der Waals surface area contributed by atoms with Gasteiger partial charge in [-0.25, -0.2) is 0 Å². The van der Waals surface area contributed by atoms with Gasteiger partial charge in [0.05, 0.1) is 11.0 Å². The van der Waals surface area contributed by atoms with Crippen LogP contribution in [0.3, 0.4) is 0 Å². The zero-order chi connectivity index (χ0) is 21.9. The van der Waals surface area contributed by atoms with Crippen molar-refractivity contribution in [3.05, 3.63) is 115 Å². The van der Waals surface area contributed by atoms with Crippen molar-refractivity contribution in [2.75, 3.05) is 0 Å². The van der Waals surface area contributed by atoms with Crippen molar-refractivity contribution >= 4 is 53.3 Å². The molecule has 1 nitrogen and oxygen atoms in total. The Morgan fingerprint density at radius 3 is 2.21 bits per heavy atom. The van der Waals surface area contributed by atoms with Gasteiger partial charge in [0.1, 0.15) is 0 Å². The molecule has 0 atom stereocenters. The summed E-state index contributed by atoms with van der Waals surface area (Å²) in [5.41, 5.74) is 7.59. The number of aromatic nitrogens is 1. The Kier molecular flexibility index (Phi) is 3.99. The molecule has 2 heterocycles. The normalized spacial score (nSPS) is 11.8. The molecule has 33 heavy (non-hydrogen) atoms. The fourth-order valence-corrected chi connectivity index (χ4v) is 6.43. The number of para-hydroxylation sites is 2. The highest BCUT2D eigenvalue weighted by Crippen LogP contribution is 2.41. The van der Waals surface area contributed by atoms with Gasteiger partial charge in [0.15, 0.2) is 0 Å². The summed E-state index contributed by atoms with van der Waals surface area (Å²) in [6.45, 7) is 2.19. The maximum atomic E-state index is 2.41. The second-order valence-corrected chi connectivity index (χ2v) is 9.70. The summed E-state index contributed by atoms with van der Waals surface area (Å²) < 4.78 is 5.11. The van der Waals surface area contributed by atoms with E-state index in [0.717, 1.165) is 0 Å². The van der Waals surface area contributed by atoms with Gasteiger partial charge in [-0.15, -0.1) is 11.3 Å². The number of fused-ring (bicyclic) bond motifs is 6. The Morgan fingerprint density at radius 1 is 0.576 bits per heavy atom. The summed E-state index contributed by atoms with van der Waals surface area (Å²) in [6.07, 6.45) is 0. The van der Waals surface area contributed by atoms with Gasteiger partial charge < -0.3 is 4.57 Å². The van der Waals surface area contributed by atoms with Crippen LogP contribution < -0.4 is 0 Å². The first kappa shape index (κ1) is 18.7. The molecule has 0 aliphatic rings. The van der Waals surface area contributed by atoms with Gasteiger partial charge in [0.25, 0.3) is 0 Å². The van der Waals surface area contributed by atoms with E-state index in [1.807, 2.05) is 11.3 Å². The second-order valence-electron chi connectivity index (χ2n) is 8.65. The van der Waals surface area contributed by atoms with Crippen molar-refractivity contribution in [3.63, 3.8) is 0 Å². The summed E-state index contributed by atoms with van der Waals surface area (Å²) in [6, 6.07) is 39.8. The molecule has 0 aliphatic carbocycles. The van der Waals surface area contributed by atoms with E-state index >= 15 is 0 Å². The van der Waals surface area contributed by atoms with Crippen LogP contribution in [0, 0.1) is 6.92 Å². The fourth-order valence-electron chi connectivity index (χ4n) is 5.19. The average molecular weight is 440 g/mol. The monoisotopic (exact) mass is 439 g/mol. The predicted molar refractivity (Wildman–Crippen MR) is 144 cm³/mol. The number of benzene rings is 5. The van der Waals surface area contributed by atoms with Crippen LogP contribution >= 0.6 is 11.3 Å². The van der Waals surface area contributed by atoms with Crippen LogP contribution in [0.4, 0.5) is 0 Å². The number of hydrogen-bond acceptors (Lipinski definition) is 1. The number of thiophene rings is 1. The molecule has 0 aliphatic heterocycles. The van der Waals surface area contributed by atoms with E-state index in [9.17, 15) is 0 Å². The van der Waals surface area contributed by atoms with E-state index < -0.39 is 0 Å². The van der Waals surface area contributed by atoms with Crippen LogP contribution in [0.25, 0.3) is 58.8 Å². The third kappa shape index (κ3) is 2.71. The molecule has 0 spiro atoms. The minimum absolute atomic E-state index is 1.24. The summed E-state index contributed by atoms with van der Waals surface area (Å²) in [5, 5.41) is 5.28. The zero-order valence-electron chi connectivity index (χ0n) is 18.2. The number of nitrogens with zero attached hydrogens (tertiary/aromatic N) is 1. The van der Waals surface area contributed by atoms with E-state index in [1.54, 1.807) is 0 Å². The second kappa shape index (κ2) is 7.06. The summed E-state index contributed by atoms with van der Waals surface area (Å²) in [4.78, 5) is 0. The first-order chi connectivity index (χ1) is 16.3. The van der Waals surface area contributed by atoms with Gasteiger partial charge in [-0.1, -0.05) is 78.9 Å². The predicted octanol–water partition coefficient (Wildman–Crippen LogP) is 9.13. The number of aryl methyl sites for hydroxylation is 1. The summed E-state index contributed by atoms with van der Waals surface area (Å²) >= 11 is 1.89. The Balaban J connectivity index is 1.54. The molecule has 0 saturated heterocycles. The molecule has 0 unspecified atom stereocenters. The lowest BCUT2D eigenvalue weighted by Gasteiger charge is -2.11. The molecule has 156 valence electrons. The smallest absolute Gasteiger partial charge is 0.0541 e. The largest absolute Gasteiger partial charge is 0.309 e. The van der Waals surface area contributed by atoms with Gasteiger partial charge in [0, 0.05) is 36.6 Å². The third-order valence-corrected chi connectivity index (χ3v) is 7.96. The number of rotatable bonds is 2. The Morgan fingerprint density at radius 2 is 1.30 bits per heavy atom. The molecule has 0 saturated carbocycles. The minimum atomic E-state index is 1.24. The first-order valence-electron chi connectivity index (χ1n) is 11.3. The van der Waals surface area contributed by atoms with E-state index in [2.05, 4.69) is 121 Å². The van der Waals surface area contributed by atoms with Crippen LogP contribution in [-0.4, -0.2) is 4.57 Å². The SMILES string of the molecule is Cc1ccccc1-n1c2ccccc2c2cc(-c3cccc4c3sc3ccccc34)ccc21. The molecule has 0 amide bonds. The van der Waals surface area contributed by atoms with Gasteiger partial charge in [-0.05, 0) is 53.9 Å². The van der Waals surface area contributed by atoms with Crippen molar-refractivity contribution in [2.45, 2.75) is 6.92 Å². The molecular formula is C31H21NS. The molecule has 0 N–H and O–H groups in total. The molecular weight excluding hydrogens is 418 g/mol. The minimum Gasteiger partial charge on any atom is -0.309 e. The quantitative estimate of drug-likeness (QED) is 0.253. The molecule has 2 aromatic heterocycles. The lowest BCUT2D eigenvalue weighted by atomic mass is 10.0. The Hall–Kier alpha value is -3.88. The Labute approximate surface area is 196 Å². The standard InChI is InChI=1S/C31H21NS/c1-20-9-2-5-14-27(20)32-28-15-6-3-10-23(28)26-19-21(17-18-29(26)32)22-12-8-13-25-24-11-4-7-16-30(24)33-31(22)25/h2-19H,1H3. The highest BCUT2D eigenvalue weighted by atomic mass is 32.1. The van der Waals surface area contributed by atoms with Gasteiger partial charge >= 0.3 is 0 Å². The van der Waals surface area contributed by atoms with Crippen molar-refractivity contribution < 1.29 is 0 Å². The van der Waals surface area contributed by atoms with E-state index in [-0.39, 0.29) is 0 Å². The summed E-state index contributed by atoms with van der Waals surface area (Å²) in [7, 11) is 0. The maximum absolute atomic E-state index is 2.41. The molecule has 0 radical (unpaired) electrons. The van der Waals surface area contributed by atoms with Crippen molar-refractivity contribution in [1.29, 1.82) is 0 Å². The summed E-state index contributed by atoms with van der Waals surface area (Å²) in [5.74, 6) is 0. The van der Waals surface area contributed by atoms with Gasteiger partial charge in [-0.3, -0.25) is 0 Å². The van der Waals surface area contributed by atoms with Crippen LogP contribution in [0.5, 0.6) is 0 Å². The number of hydrogen-bond donors (Lipinski definition) is 0. The fraction of sp³-hybridized carbons (Fsp3) is 0.0323. The molecule has 0 fully saturated rings.